The van der Waals surface area contributed by atoms with E-state index in [-0.39, 0.29) is 46.3 Å². The summed E-state index contributed by atoms with van der Waals surface area (Å²) in [5.41, 5.74) is 7.26. The van der Waals surface area contributed by atoms with Gasteiger partial charge in [-0.3, -0.25) is 14.5 Å². The highest BCUT2D eigenvalue weighted by Gasteiger charge is 2.55. The molecule has 1 fully saturated rings. The van der Waals surface area contributed by atoms with Crippen LogP contribution >= 0.6 is 0 Å². The highest BCUT2D eigenvalue weighted by molar-refractivity contribution is 6.14. The number of allylic oxidation sites excluding steroid dienone is 2. The Kier molecular flexibility index (Phi) is 7.18. The first-order chi connectivity index (χ1) is 20.0. The second kappa shape index (κ2) is 10.6. The second-order valence-corrected chi connectivity index (χ2v) is 12.9. The fourth-order valence-electron chi connectivity index (χ4n) is 8.35. The number of nitrogens with zero attached hydrogens (tertiary/aromatic N) is 1. The molecule has 0 saturated heterocycles. The van der Waals surface area contributed by atoms with Crippen molar-refractivity contribution in [2.24, 2.45) is 23.5 Å². The Morgan fingerprint density at radius 1 is 1.07 bits per heavy atom. The van der Waals surface area contributed by atoms with Gasteiger partial charge in [-0.15, -0.1) is 0 Å². The van der Waals surface area contributed by atoms with Gasteiger partial charge in [0.25, 0.3) is 5.91 Å². The summed E-state index contributed by atoms with van der Waals surface area (Å²) in [7, 11) is 2.18. The first-order valence-electron chi connectivity index (χ1n) is 15.1. The molecule has 3 unspecified atom stereocenters. The normalized spacial score (nSPS) is 28.0. The monoisotopic (exact) mass is 572 g/mol. The van der Waals surface area contributed by atoms with E-state index in [9.17, 15) is 30.0 Å². The van der Waals surface area contributed by atoms with Gasteiger partial charge in [-0.05, 0) is 85.9 Å². The van der Waals surface area contributed by atoms with E-state index in [2.05, 4.69) is 24.1 Å². The minimum absolute atomic E-state index is 0.0669. The number of phenolic OH excluding ortho intramolecular Hbond substituents is 1. The third-order valence-corrected chi connectivity index (χ3v) is 10.2. The van der Waals surface area contributed by atoms with Gasteiger partial charge >= 0.3 is 0 Å². The molecule has 8 heteroatoms. The van der Waals surface area contributed by atoms with E-state index in [1.165, 1.54) is 50.7 Å². The number of aliphatic hydroxyl groups excluding tert-OH is 2. The molecular formula is C34H40N2O6. The molecule has 42 heavy (non-hydrogen) atoms. The van der Waals surface area contributed by atoms with Crippen LogP contribution in [0.15, 0.2) is 59.1 Å². The van der Waals surface area contributed by atoms with Crippen LogP contribution in [0.4, 0.5) is 0 Å². The number of aliphatic hydroxyl groups is 3. The van der Waals surface area contributed by atoms with Crippen LogP contribution in [0.3, 0.4) is 0 Å². The first-order valence-corrected chi connectivity index (χ1v) is 15.1. The molecule has 1 saturated carbocycles. The SMILES string of the molecule is CN(Cc1cccc(-c2ccc(O)c3c2CC2CC4CC(O)=C(C(N)=O)[C@](C)(O)C4C(O)=C2C3=O)c1)C1CCCCC1. The van der Waals surface area contributed by atoms with Crippen molar-refractivity contribution >= 4 is 11.7 Å². The van der Waals surface area contributed by atoms with Crippen LogP contribution in [0.5, 0.6) is 5.75 Å². The van der Waals surface area contributed by atoms with Crippen LogP contribution in [-0.2, 0) is 17.8 Å². The molecule has 0 spiro atoms. The summed E-state index contributed by atoms with van der Waals surface area (Å²) in [6, 6.07) is 12.3. The van der Waals surface area contributed by atoms with E-state index in [1.807, 2.05) is 18.2 Å². The van der Waals surface area contributed by atoms with Crippen molar-refractivity contribution in [3.8, 4) is 16.9 Å². The van der Waals surface area contributed by atoms with Gasteiger partial charge in [-0.1, -0.05) is 43.5 Å². The number of ketones is 1. The summed E-state index contributed by atoms with van der Waals surface area (Å²) >= 11 is 0. The van der Waals surface area contributed by atoms with Crippen molar-refractivity contribution < 1.29 is 30.0 Å². The Morgan fingerprint density at radius 2 is 1.81 bits per heavy atom. The Bertz CT molecular complexity index is 1520. The van der Waals surface area contributed by atoms with Gasteiger partial charge in [-0.2, -0.15) is 0 Å². The maximum absolute atomic E-state index is 14.0. The third kappa shape index (κ3) is 4.61. The fraction of sp³-hybridized carbons (Fsp3) is 0.471. The molecule has 6 N–H and O–H groups in total. The molecule has 0 heterocycles. The zero-order valence-electron chi connectivity index (χ0n) is 24.3. The number of Topliss-reactive ketones (excluding diaryl/α,β-unsaturated/α-hetero) is 1. The number of primary amides is 1. The zero-order valence-corrected chi connectivity index (χ0v) is 24.3. The Labute approximate surface area is 246 Å². The van der Waals surface area contributed by atoms with Crippen LogP contribution in [0.25, 0.3) is 11.1 Å². The number of rotatable bonds is 5. The summed E-state index contributed by atoms with van der Waals surface area (Å²) in [6.45, 7) is 2.17. The smallest absolute Gasteiger partial charge is 0.250 e. The van der Waals surface area contributed by atoms with E-state index in [0.717, 1.165) is 23.2 Å². The van der Waals surface area contributed by atoms with Crippen molar-refractivity contribution in [3.05, 3.63) is 75.8 Å². The second-order valence-electron chi connectivity index (χ2n) is 12.9. The van der Waals surface area contributed by atoms with Crippen molar-refractivity contribution in [1.82, 2.24) is 4.90 Å². The molecule has 4 aliphatic rings. The van der Waals surface area contributed by atoms with E-state index < -0.39 is 29.1 Å². The Balaban J connectivity index is 1.37. The van der Waals surface area contributed by atoms with Crippen LogP contribution in [0, 0.1) is 17.8 Å². The number of carbonyl (C=O) groups is 2. The number of benzene rings is 2. The summed E-state index contributed by atoms with van der Waals surface area (Å²) in [5.74, 6) is -3.90. The minimum atomic E-state index is -1.95. The van der Waals surface area contributed by atoms with Crippen LogP contribution in [0.2, 0.25) is 0 Å². The van der Waals surface area contributed by atoms with Crippen molar-refractivity contribution in [1.29, 1.82) is 0 Å². The highest BCUT2D eigenvalue weighted by atomic mass is 16.3. The molecule has 0 aromatic heterocycles. The molecular weight excluding hydrogens is 532 g/mol. The third-order valence-electron chi connectivity index (χ3n) is 10.2. The number of hydrogen-bond acceptors (Lipinski definition) is 7. The number of fused-ring (bicyclic) bond motifs is 3. The van der Waals surface area contributed by atoms with Gasteiger partial charge in [0.2, 0.25) is 0 Å². The topological polar surface area (TPSA) is 144 Å². The lowest BCUT2D eigenvalue weighted by atomic mass is 9.58. The lowest BCUT2D eigenvalue weighted by molar-refractivity contribution is -0.119. The Morgan fingerprint density at radius 3 is 2.52 bits per heavy atom. The highest BCUT2D eigenvalue weighted by Crippen LogP contribution is 2.54. The molecule has 0 aliphatic heterocycles. The van der Waals surface area contributed by atoms with E-state index in [1.54, 1.807) is 0 Å². The van der Waals surface area contributed by atoms with Crippen molar-refractivity contribution in [2.45, 2.75) is 76.5 Å². The molecule has 2 aromatic carbocycles. The summed E-state index contributed by atoms with van der Waals surface area (Å²) in [5, 5.41) is 44.4. The first kappa shape index (κ1) is 28.5. The number of amides is 1. The van der Waals surface area contributed by atoms with Gasteiger partial charge in [-0.25, -0.2) is 0 Å². The fourth-order valence-corrected chi connectivity index (χ4v) is 8.35. The lowest BCUT2D eigenvalue weighted by Crippen LogP contribution is -2.52. The van der Waals surface area contributed by atoms with Gasteiger partial charge < -0.3 is 26.2 Å². The number of nitrogens with two attached hydrogens (primary N) is 1. The molecule has 0 radical (unpaired) electrons. The number of hydrogen-bond donors (Lipinski definition) is 5. The number of phenols is 1. The minimum Gasteiger partial charge on any atom is -0.512 e. The van der Waals surface area contributed by atoms with Crippen LogP contribution < -0.4 is 5.73 Å². The van der Waals surface area contributed by atoms with E-state index in [4.69, 9.17) is 5.73 Å². The van der Waals surface area contributed by atoms with Gasteiger partial charge in [0, 0.05) is 24.6 Å². The molecule has 8 nitrogen and oxygen atoms in total. The summed E-state index contributed by atoms with van der Waals surface area (Å²) in [4.78, 5) is 28.5. The molecule has 222 valence electrons. The van der Waals surface area contributed by atoms with Gasteiger partial charge in [0.1, 0.15) is 22.9 Å². The number of carbonyl (C=O) groups excluding carboxylic acids is 2. The van der Waals surface area contributed by atoms with Crippen LogP contribution in [-0.4, -0.2) is 55.7 Å². The molecule has 4 atom stereocenters. The standard InChI is InChI=1S/C34H40N2O6/c1-34(42)29-21(16-26(38)30(34)33(35)41)14-20-15-24-23(11-12-25(37)28(24)31(39)27(20)32(29)40)19-8-6-7-18(13-19)17-36(2)22-9-4-3-5-10-22/h6-8,11-13,20-22,29,37-38,40,42H,3-5,9-10,14-17H2,1-2H3,(H2,35,41)/t20?,21?,29?,34-/m1/s1. The average molecular weight is 573 g/mol. The van der Waals surface area contributed by atoms with Crippen LogP contribution in [0.1, 0.15) is 73.4 Å². The zero-order chi connectivity index (χ0) is 29.9. The predicted octanol–water partition coefficient (Wildman–Crippen LogP) is 5.08. The molecule has 0 bridgehead atoms. The lowest BCUT2D eigenvalue weighted by Gasteiger charge is -2.48. The molecule has 1 amide bonds. The molecule has 4 aliphatic carbocycles. The van der Waals surface area contributed by atoms with Gasteiger partial charge in [0.05, 0.1) is 17.1 Å². The predicted molar refractivity (Wildman–Crippen MR) is 159 cm³/mol. The van der Waals surface area contributed by atoms with Crippen molar-refractivity contribution in [3.63, 3.8) is 0 Å². The number of aromatic hydroxyl groups is 1. The maximum Gasteiger partial charge on any atom is 0.250 e. The van der Waals surface area contributed by atoms with E-state index >= 15 is 0 Å². The molecule has 6 rings (SSSR count). The molecule has 2 aromatic rings. The summed E-state index contributed by atoms with van der Waals surface area (Å²) < 4.78 is 0. The van der Waals surface area contributed by atoms with E-state index in [0.29, 0.717) is 18.9 Å². The largest absolute Gasteiger partial charge is 0.512 e. The van der Waals surface area contributed by atoms with Crippen molar-refractivity contribution in [2.75, 3.05) is 7.05 Å². The Hall–Kier alpha value is -3.62. The summed E-state index contributed by atoms with van der Waals surface area (Å²) in [6.07, 6.45) is 7.21. The average Bonchev–Trinajstić information content (AvgIpc) is 2.92. The quantitative estimate of drug-likeness (QED) is 0.336. The van der Waals surface area contributed by atoms with Gasteiger partial charge in [0.15, 0.2) is 5.78 Å². The maximum atomic E-state index is 14.0.